The van der Waals surface area contributed by atoms with Crippen LogP contribution in [0.1, 0.15) is 18.1 Å². The minimum atomic E-state index is -0.178. The number of nitrogens with one attached hydrogen (secondary N) is 2. The Morgan fingerprint density at radius 3 is 2.89 bits per heavy atom. The molecule has 18 heavy (non-hydrogen) atoms. The smallest absolute Gasteiger partial charge is 0.123 e. The van der Waals surface area contributed by atoms with Gasteiger partial charge in [-0.25, -0.2) is 4.39 Å². The lowest BCUT2D eigenvalue weighted by Crippen LogP contribution is -2.37. The predicted molar refractivity (Wildman–Crippen MR) is 72.2 cm³/mol. The molecule has 0 aliphatic heterocycles. The number of methoxy groups -OCH3 is 1. The summed E-state index contributed by atoms with van der Waals surface area (Å²) < 4.78 is 18.1. The maximum absolute atomic E-state index is 13.1. The summed E-state index contributed by atoms with van der Waals surface area (Å²) in [4.78, 5) is 0. The topological polar surface area (TPSA) is 33.3 Å². The summed E-state index contributed by atoms with van der Waals surface area (Å²) in [5.41, 5.74) is 2.13. The van der Waals surface area contributed by atoms with Gasteiger partial charge in [-0.3, -0.25) is 0 Å². The fraction of sp³-hybridized carbons (Fsp3) is 0.571. The predicted octanol–water partition coefficient (Wildman–Crippen LogP) is 1.85. The zero-order chi connectivity index (χ0) is 13.4. The summed E-state index contributed by atoms with van der Waals surface area (Å²) >= 11 is 0. The van der Waals surface area contributed by atoms with E-state index in [1.807, 2.05) is 13.0 Å². The lowest BCUT2D eigenvalue weighted by Gasteiger charge is -2.15. The summed E-state index contributed by atoms with van der Waals surface area (Å²) in [6, 6.07) is 5.24. The van der Waals surface area contributed by atoms with Crippen molar-refractivity contribution in [3.8, 4) is 0 Å². The minimum absolute atomic E-state index is 0.178. The van der Waals surface area contributed by atoms with Gasteiger partial charge in [0.05, 0.1) is 6.61 Å². The summed E-state index contributed by atoms with van der Waals surface area (Å²) in [7, 11) is 1.69. The molecule has 0 heterocycles. The van der Waals surface area contributed by atoms with Crippen molar-refractivity contribution in [1.29, 1.82) is 0 Å². The second-order valence-corrected chi connectivity index (χ2v) is 4.55. The second kappa shape index (κ2) is 8.19. The molecular formula is C14H23FN2O. The van der Waals surface area contributed by atoms with Crippen molar-refractivity contribution >= 4 is 0 Å². The van der Waals surface area contributed by atoms with E-state index in [1.54, 1.807) is 13.2 Å². The number of aryl methyl sites for hydroxylation is 1. The lowest BCUT2D eigenvalue weighted by molar-refractivity contribution is 0.198. The van der Waals surface area contributed by atoms with E-state index in [0.717, 1.165) is 30.8 Å². The second-order valence-electron chi connectivity index (χ2n) is 4.55. The number of hydrogen-bond donors (Lipinski definition) is 2. The monoisotopic (exact) mass is 254 g/mol. The molecular weight excluding hydrogens is 231 g/mol. The molecule has 2 N–H and O–H groups in total. The third kappa shape index (κ3) is 5.58. The van der Waals surface area contributed by atoms with Crippen LogP contribution in [0.4, 0.5) is 4.39 Å². The van der Waals surface area contributed by atoms with Gasteiger partial charge in [0, 0.05) is 32.8 Å². The highest BCUT2D eigenvalue weighted by Gasteiger charge is 2.04. The van der Waals surface area contributed by atoms with E-state index in [4.69, 9.17) is 4.74 Å². The first kappa shape index (κ1) is 15.1. The summed E-state index contributed by atoms with van der Waals surface area (Å²) in [6.07, 6.45) is 0. The highest BCUT2D eigenvalue weighted by molar-refractivity contribution is 5.26. The minimum Gasteiger partial charge on any atom is -0.383 e. The molecule has 0 radical (unpaired) electrons. The van der Waals surface area contributed by atoms with Crippen LogP contribution in [0.3, 0.4) is 0 Å². The molecule has 0 aliphatic carbocycles. The van der Waals surface area contributed by atoms with E-state index in [9.17, 15) is 4.39 Å². The molecule has 0 spiro atoms. The van der Waals surface area contributed by atoms with Gasteiger partial charge in [-0.2, -0.15) is 0 Å². The first-order valence-corrected chi connectivity index (χ1v) is 6.31. The molecule has 3 nitrogen and oxygen atoms in total. The van der Waals surface area contributed by atoms with Crippen LogP contribution in [0, 0.1) is 12.7 Å². The Morgan fingerprint density at radius 2 is 2.17 bits per heavy atom. The molecule has 0 amide bonds. The van der Waals surface area contributed by atoms with Crippen molar-refractivity contribution in [1.82, 2.24) is 10.6 Å². The number of hydrogen-bond acceptors (Lipinski definition) is 3. The van der Waals surface area contributed by atoms with Gasteiger partial charge in [-0.15, -0.1) is 0 Å². The Balaban J connectivity index is 2.29. The van der Waals surface area contributed by atoms with Crippen LogP contribution in [0.15, 0.2) is 18.2 Å². The molecule has 1 aromatic rings. The van der Waals surface area contributed by atoms with E-state index in [-0.39, 0.29) is 5.82 Å². The molecule has 102 valence electrons. The van der Waals surface area contributed by atoms with Gasteiger partial charge < -0.3 is 15.4 Å². The number of benzene rings is 1. The molecule has 0 aromatic heterocycles. The molecule has 1 atom stereocenters. The highest BCUT2D eigenvalue weighted by Crippen LogP contribution is 2.09. The van der Waals surface area contributed by atoms with Crippen molar-refractivity contribution in [2.45, 2.75) is 26.4 Å². The van der Waals surface area contributed by atoms with Gasteiger partial charge in [-0.05, 0) is 37.1 Å². The largest absolute Gasteiger partial charge is 0.383 e. The Bertz CT molecular complexity index is 358. The molecule has 1 rings (SSSR count). The number of rotatable bonds is 8. The lowest BCUT2D eigenvalue weighted by atomic mass is 10.1. The SMILES string of the molecule is COCCNCC(C)NCc1cc(F)ccc1C. The first-order valence-electron chi connectivity index (χ1n) is 6.31. The molecule has 1 unspecified atom stereocenters. The van der Waals surface area contributed by atoms with Crippen molar-refractivity contribution in [2.75, 3.05) is 26.8 Å². The number of halogens is 1. The Morgan fingerprint density at radius 1 is 1.39 bits per heavy atom. The normalized spacial score (nSPS) is 12.7. The molecule has 0 aliphatic rings. The molecule has 0 fully saturated rings. The standard InChI is InChI=1S/C14H23FN2O/c1-11-4-5-14(15)8-13(11)10-17-12(2)9-16-6-7-18-3/h4-5,8,12,16-17H,6-7,9-10H2,1-3H3. The molecule has 0 bridgehead atoms. The zero-order valence-corrected chi connectivity index (χ0v) is 11.4. The maximum atomic E-state index is 13.1. The Kier molecular flexibility index (Phi) is 6.86. The van der Waals surface area contributed by atoms with Crippen molar-refractivity contribution < 1.29 is 9.13 Å². The van der Waals surface area contributed by atoms with Crippen LogP contribution in [0.2, 0.25) is 0 Å². The quantitative estimate of drug-likeness (QED) is 0.695. The van der Waals surface area contributed by atoms with Crippen molar-refractivity contribution in [3.05, 3.63) is 35.1 Å². The molecule has 4 heteroatoms. The number of ether oxygens (including phenoxy) is 1. The molecule has 1 aromatic carbocycles. The van der Waals surface area contributed by atoms with Gasteiger partial charge in [0.15, 0.2) is 0 Å². The summed E-state index contributed by atoms with van der Waals surface area (Å²) in [5.74, 6) is -0.178. The van der Waals surface area contributed by atoms with E-state index < -0.39 is 0 Å². The van der Waals surface area contributed by atoms with Crippen LogP contribution < -0.4 is 10.6 Å². The summed E-state index contributed by atoms with van der Waals surface area (Å²) in [5, 5.41) is 6.66. The van der Waals surface area contributed by atoms with Crippen LogP contribution in [0.25, 0.3) is 0 Å². The summed E-state index contributed by atoms with van der Waals surface area (Å²) in [6.45, 7) is 7.23. The van der Waals surface area contributed by atoms with Gasteiger partial charge in [0.2, 0.25) is 0 Å². The van der Waals surface area contributed by atoms with Gasteiger partial charge in [0.1, 0.15) is 5.82 Å². The van der Waals surface area contributed by atoms with Crippen LogP contribution >= 0.6 is 0 Å². The highest BCUT2D eigenvalue weighted by atomic mass is 19.1. The average Bonchev–Trinajstić information content (AvgIpc) is 2.36. The average molecular weight is 254 g/mol. The fourth-order valence-electron chi connectivity index (χ4n) is 1.68. The van der Waals surface area contributed by atoms with Crippen LogP contribution in [-0.2, 0) is 11.3 Å². The van der Waals surface area contributed by atoms with Crippen molar-refractivity contribution in [3.63, 3.8) is 0 Å². The fourth-order valence-corrected chi connectivity index (χ4v) is 1.68. The van der Waals surface area contributed by atoms with Gasteiger partial charge in [0.25, 0.3) is 0 Å². The zero-order valence-electron chi connectivity index (χ0n) is 11.4. The third-order valence-electron chi connectivity index (χ3n) is 2.89. The van der Waals surface area contributed by atoms with E-state index >= 15 is 0 Å². The van der Waals surface area contributed by atoms with E-state index in [0.29, 0.717) is 12.6 Å². The van der Waals surface area contributed by atoms with Crippen LogP contribution in [0.5, 0.6) is 0 Å². The van der Waals surface area contributed by atoms with Crippen LogP contribution in [-0.4, -0.2) is 32.8 Å². The van der Waals surface area contributed by atoms with Crippen molar-refractivity contribution in [2.24, 2.45) is 0 Å². The Hall–Kier alpha value is -0.970. The van der Waals surface area contributed by atoms with Gasteiger partial charge in [-0.1, -0.05) is 6.07 Å². The van der Waals surface area contributed by atoms with E-state index in [1.165, 1.54) is 6.07 Å². The Labute approximate surface area is 109 Å². The first-order chi connectivity index (χ1) is 8.63. The van der Waals surface area contributed by atoms with E-state index in [2.05, 4.69) is 17.6 Å². The third-order valence-corrected chi connectivity index (χ3v) is 2.89. The maximum Gasteiger partial charge on any atom is 0.123 e. The van der Waals surface area contributed by atoms with Gasteiger partial charge >= 0.3 is 0 Å². The molecule has 0 saturated heterocycles. The molecule has 0 saturated carbocycles.